The normalized spacial score (nSPS) is 18.5. The first-order valence-corrected chi connectivity index (χ1v) is 14.6. The van der Waals surface area contributed by atoms with Gasteiger partial charge in [0.05, 0.1) is 11.6 Å². The zero-order valence-electron chi connectivity index (χ0n) is 21.7. The first kappa shape index (κ1) is 26.5. The number of rotatable bonds is 6. The first-order chi connectivity index (χ1) is 18.1. The second-order valence-corrected chi connectivity index (χ2v) is 11.8. The maximum atomic E-state index is 13.3. The third kappa shape index (κ3) is 4.64. The molecule has 0 saturated heterocycles. The number of allylic oxidation sites excluding steroid dienone is 4. The zero-order chi connectivity index (χ0) is 27.2. The molecule has 0 atom stereocenters. The van der Waals surface area contributed by atoms with E-state index in [1.165, 1.54) is 12.1 Å². The van der Waals surface area contributed by atoms with Gasteiger partial charge in [-0.25, -0.2) is 0 Å². The minimum absolute atomic E-state index is 0.00814. The standard InChI is InChI=1S/C29H30ClNO6S/c1-4-36-25-16-18(15-20(30)29(25)37-38(34,35)19-13-11-17(2)12-14-19)26-27-21(7-5-9-23(27)32)31(3)22-8-6-10-24(33)28(22)26/h11-16,26H,4-10H2,1-3H3. The highest BCUT2D eigenvalue weighted by molar-refractivity contribution is 7.87. The Balaban J connectivity index is 1.64. The van der Waals surface area contributed by atoms with Gasteiger partial charge in [-0.2, -0.15) is 8.42 Å². The molecule has 0 fully saturated rings. The van der Waals surface area contributed by atoms with Gasteiger partial charge in [-0.15, -0.1) is 0 Å². The molecule has 7 nitrogen and oxygen atoms in total. The number of Topliss-reactive ketones (excluding diaryl/α,β-unsaturated/α-hetero) is 2. The van der Waals surface area contributed by atoms with E-state index in [1.54, 1.807) is 31.2 Å². The molecule has 0 N–H and O–H groups in total. The van der Waals surface area contributed by atoms with Crippen LogP contribution in [-0.2, 0) is 19.7 Å². The average Bonchev–Trinajstić information content (AvgIpc) is 2.87. The summed E-state index contributed by atoms with van der Waals surface area (Å²) >= 11 is 6.68. The lowest BCUT2D eigenvalue weighted by atomic mass is 9.71. The van der Waals surface area contributed by atoms with Crippen molar-refractivity contribution in [3.05, 3.63) is 75.1 Å². The minimum Gasteiger partial charge on any atom is -0.490 e. The smallest absolute Gasteiger partial charge is 0.339 e. The number of hydrogen-bond acceptors (Lipinski definition) is 7. The highest BCUT2D eigenvalue weighted by Crippen LogP contribution is 2.51. The van der Waals surface area contributed by atoms with Crippen molar-refractivity contribution in [2.24, 2.45) is 0 Å². The summed E-state index contributed by atoms with van der Waals surface area (Å²) in [5, 5.41) is 0.0244. The third-order valence-corrected chi connectivity index (χ3v) is 8.93. The van der Waals surface area contributed by atoms with Gasteiger partial charge in [0.1, 0.15) is 4.90 Å². The number of hydrogen-bond donors (Lipinski definition) is 0. The maximum absolute atomic E-state index is 13.3. The van der Waals surface area contributed by atoms with Gasteiger partial charge in [-0.05, 0) is 69.4 Å². The summed E-state index contributed by atoms with van der Waals surface area (Å²) in [5.74, 6) is -0.537. The number of ether oxygens (including phenoxy) is 1. The number of ketones is 2. The second-order valence-electron chi connectivity index (χ2n) is 9.88. The van der Waals surface area contributed by atoms with E-state index in [-0.39, 0.29) is 39.6 Å². The summed E-state index contributed by atoms with van der Waals surface area (Å²) in [6.45, 7) is 3.86. The van der Waals surface area contributed by atoms with Gasteiger partial charge in [-0.1, -0.05) is 29.3 Å². The summed E-state index contributed by atoms with van der Waals surface area (Å²) < 4.78 is 37.4. The molecule has 2 aromatic carbocycles. The average molecular weight is 556 g/mol. The Morgan fingerprint density at radius 2 is 1.53 bits per heavy atom. The van der Waals surface area contributed by atoms with Gasteiger partial charge in [0, 0.05) is 48.3 Å². The number of nitrogens with zero attached hydrogens (tertiary/aromatic N) is 1. The van der Waals surface area contributed by atoms with Crippen LogP contribution in [0.15, 0.2) is 63.8 Å². The predicted molar refractivity (Wildman–Crippen MR) is 144 cm³/mol. The lowest BCUT2D eigenvalue weighted by Crippen LogP contribution is -2.37. The molecule has 5 rings (SSSR count). The number of aryl methyl sites for hydroxylation is 1. The number of carbonyl (C=O) groups excluding carboxylic acids is 2. The van der Waals surface area contributed by atoms with Gasteiger partial charge in [0.2, 0.25) is 5.75 Å². The number of carbonyl (C=O) groups is 2. The molecule has 2 aliphatic carbocycles. The van der Waals surface area contributed by atoms with E-state index >= 15 is 0 Å². The molecule has 0 radical (unpaired) electrons. The fourth-order valence-corrected chi connectivity index (χ4v) is 6.91. The highest BCUT2D eigenvalue weighted by atomic mass is 35.5. The van der Waals surface area contributed by atoms with Gasteiger partial charge in [-0.3, -0.25) is 9.59 Å². The molecule has 0 amide bonds. The van der Waals surface area contributed by atoms with Crippen molar-refractivity contribution in [2.75, 3.05) is 13.7 Å². The van der Waals surface area contributed by atoms with Crippen LogP contribution in [0.5, 0.6) is 11.5 Å². The van der Waals surface area contributed by atoms with Gasteiger partial charge in [0.25, 0.3) is 0 Å². The summed E-state index contributed by atoms with van der Waals surface area (Å²) in [6, 6.07) is 9.56. The van der Waals surface area contributed by atoms with Gasteiger partial charge in [0.15, 0.2) is 17.3 Å². The molecule has 0 spiro atoms. The topological polar surface area (TPSA) is 90.0 Å². The third-order valence-electron chi connectivity index (χ3n) is 7.41. The van der Waals surface area contributed by atoms with Crippen molar-refractivity contribution >= 4 is 33.3 Å². The van der Waals surface area contributed by atoms with Crippen LogP contribution in [-0.4, -0.2) is 38.5 Å². The summed E-state index contributed by atoms with van der Waals surface area (Å²) in [5.41, 5.74) is 4.64. The van der Waals surface area contributed by atoms with Crippen LogP contribution in [0.3, 0.4) is 0 Å². The SMILES string of the molecule is CCOc1cc(C2C3=C(CCCC3=O)N(C)C3=C2C(=O)CCC3)cc(Cl)c1OS(=O)(=O)c1ccc(C)cc1. The Labute approximate surface area is 228 Å². The first-order valence-electron chi connectivity index (χ1n) is 12.9. The summed E-state index contributed by atoms with van der Waals surface area (Å²) in [6.07, 6.45) is 3.87. The Hall–Kier alpha value is -3.10. The van der Waals surface area contributed by atoms with Crippen molar-refractivity contribution in [1.82, 2.24) is 4.90 Å². The largest absolute Gasteiger partial charge is 0.490 e. The predicted octanol–water partition coefficient (Wildman–Crippen LogP) is 5.86. The molecule has 38 heavy (non-hydrogen) atoms. The van der Waals surface area contributed by atoms with Crippen LogP contribution in [0.25, 0.3) is 0 Å². The second kappa shape index (κ2) is 10.2. The fourth-order valence-electron chi connectivity index (χ4n) is 5.65. The van der Waals surface area contributed by atoms with E-state index in [0.717, 1.165) is 42.6 Å². The summed E-state index contributed by atoms with van der Waals surface area (Å²) in [4.78, 5) is 28.6. The van der Waals surface area contributed by atoms with Crippen molar-refractivity contribution in [3.63, 3.8) is 0 Å². The molecule has 0 unspecified atom stereocenters. The van der Waals surface area contributed by atoms with Gasteiger partial charge >= 0.3 is 10.1 Å². The Morgan fingerprint density at radius 1 is 0.947 bits per heavy atom. The van der Waals surface area contributed by atoms with Crippen LogP contribution in [0.2, 0.25) is 5.02 Å². The van der Waals surface area contributed by atoms with Crippen LogP contribution in [0.1, 0.15) is 62.5 Å². The van der Waals surface area contributed by atoms with Crippen molar-refractivity contribution in [1.29, 1.82) is 0 Å². The van der Waals surface area contributed by atoms with E-state index in [0.29, 0.717) is 29.6 Å². The van der Waals surface area contributed by atoms with Crippen LogP contribution in [0, 0.1) is 6.92 Å². The van der Waals surface area contributed by atoms with E-state index < -0.39 is 16.0 Å². The molecular formula is C29H30ClNO6S. The Bertz CT molecular complexity index is 1450. The van der Waals surface area contributed by atoms with E-state index in [2.05, 4.69) is 0 Å². The molecule has 1 aliphatic heterocycles. The molecule has 0 aromatic heterocycles. The minimum atomic E-state index is -4.19. The van der Waals surface area contributed by atoms with E-state index in [9.17, 15) is 18.0 Å². The van der Waals surface area contributed by atoms with E-state index in [1.807, 2.05) is 18.9 Å². The highest BCUT2D eigenvalue weighted by Gasteiger charge is 2.42. The summed E-state index contributed by atoms with van der Waals surface area (Å²) in [7, 11) is -2.26. The Morgan fingerprint density at radius 3 is 2.08 bits per heavy atom. The van der Waals surface area contributed by atoms with Crippen molar-refractivity contribution in [3.8, 4) is 11.5 Å². The van der Waals surface area contributed by atoms with Crippen LogP contribution in [0.4, 0.5) is 0 Å². The van der Waals surface area contributed by atoms with Crippen LogP contribution >= 0.6 is 11.6 Å². The number of halogens is 1. The molecule has 200 valence electrons. The van der Waals surface area contributed by atoms with Crippen LogP contribution < -0.4 is 8.92 Å². The lowest BCUT2D eigenvalue weighted by molar-refractivity contribution is -0.117. The lowest BCUT2D eigenvalue weighted by Gasteiger charge is -2.42. The monoisotopic (exact) mass is 555 g/mol. The molecule has 3 aliphatic rings. The molecule has 2 aromatic rings. The van der Waals surface area contributed by atoms with E-state index in [4.69, 9.17) is 20.5 Å². The molecule has 9 heteroatoms. The number of benzene rings is 2. The molecular weight excluding hydrogens is 526 g/mol. The van der Waals surface area contributed by atoms with Crippen molar-refractivity contribution in [2.45, 2.75) is 63.2 Å². The molecule has 1 heterocycles. The zero-order valence-corrected chi connectivity index (χ0v) is 23.2. The van der Waals surface area contributed by atoms with Crippen molar-refractivity contribution < 1.29 is 26.9 Å². The maximum Gasteiger partial charge on any atom is 0.339 e. The molecule has 0 saturated carbocycles. The quantitative estimate of drug-likeness (QED) is 0.412. The fraction of sp³-hybridized carbons (Fsp3) is 0.379. The van der Waals surface area contributed by atoms with Gasteiger partial charge < -0.3 is 13.8 Å². The molecule has 0 bridgehead atoms. The Kier molecular flexibility index (Phi) is 7.13.